The Morgan fingerprint density at radius 3 is 2.23 bits per heavy atom. The van der Waals surface area contributed by atoms with Gasteiger partial charge in [0.1, 0.15) is 40.0 Å². The number of imidazole rings is 1. The van der Waals surface area contributed by atoms with Gasteiger partial charge >= 0.3 is 0 Å². The van der Waals surface area contributed by atoms with E-state index in [1.807, 2.05) is 0 Å². The van der Waals surface area contributed by atoms with Crippen LogP contribution in [0.3, 0.4) is 0 Å². The van der Waals surface area contributed by atoms with Crippen LogP contribution in [0.25, 0.3) is 22.4 Å². The molecule has 1 N–H and O–H groups in total. The lowest BCUT2D eigenvalue weighted by Crippen LogP contribution is -1.88. The molecule has 0 saturated heterocycles. The second-order valence-corrected chi connectivity index (χ2v) is 5.33. The number of benzene rings is 2. The quantitative estimate of drug-likeness (QED) is 0.701. The summed E-state index contributed by atoms with van der Waals surface area (Å²) >= 11 is 2.85. The summed E-state index contributed by atoms with van der Waals surface area (Å²) in [5.74, 6) is 0.0239. The Morgan fingerprint density at radius 2 is 1.64 bits per heavy atom. The summed E-state index contributed by atoms with van der Waals surface area (Å²) in [6, 6.07) is 5.84. The van der Waals surface area contributed by atoms with Crippen LogP contribution in [0.1, 0.15) is 0 Å². The van der Waals surface area contributed by atoms with Gasteiger partial charge in [0.05, 0.1) is 18.7 Å². The fourth-order valence-electron chi connectivity index (χ4n) is 2.21. The molecule has 0 saturated carbocycles. The summed E-state index contributed by atoms with van der Waals surface area (Å²) in [5, 5.41) is 0. The highest BCUT2D eigenvalue weighted by molar-refractivity contribution is 9.10. The topological polar surface area (TPSA) is 47.1 Å². The number of fused-ring (bicyclic) bond motifs is 1. The molecule has 1 aromatic heterocycles. The molecular weight excluding hydrogens is 358 g/mol. The van der Waals surface area contributed by atoms with Crippen LogP contribution in [0.4, 0.5) is 8.78 Å². The minimum atomic E-state index is -0.700. The molecule has 7 heteroatoms. The number of aromatic nitrogens is 2. The van der Waals surface area contributed by atoms with Gasteiger partial charge in [-0.1, -0.05) is 0 Å². The van der Waals surface area contributed by atoms with Crippen LogP contribution in [0.2, 0.25) is 0 Å². The van der Waals surface area contributed by atoms with E-state index in [1.54, 1.807) is 12.1 Å². The molecule has 0 amide bonds. The van der Waals surface area contributed by atoms with E-state index >= 15 is 0 Å². The normalized spacial score (nSPS) is 11.0. The molecule has 0 unspecified atom stereocenters. The van der Waals surface area contributed by atoms with E-state index in [9.17, 15) is 8.78 Å². The number of aromatic amines is 1. The second kappa shape index (κ2) is 5.57. The lowest BCUT2D eigenvalue weighted by atomic mass is 10.2. The first-order valence-corrected chi connectivity index (χ1v) is 7.10. The van der Waals surface area contributed by atoms with Crippen LogP contribution in [0, 0.1) is 11.6 Å². The molecule has 3 aromatic rings. The average molecular weight is 369 g/mol. The van der Waals surface area contributed by atoms with E-state index in [0.717, 1.165) is 0 Å². The van der Waals surface area contributed by atoms with E-state index in [0.29, 0.717) is 33.9 Å². The zero-order valence-electron chi connectivity index (χ0n) is 11.7. The number of nitrogens with one attached hydrogen (secondary N) is 1. The van der Waals surface area contributed by atoms with Crippen molar-refractivity contribution in [1.29, 1.82) is 0 Å². The van der Waals surface area contributed by atoms with E-state index in [4.69, 9.17) is 9.47 Å². The van der Waals surface area contributed by atoms with Gasteiger partial charge in [-0.2, -0.15) is 0 Å². The Morgan fingerprint density at radius 1 is 1.05 bits per heavy atom. The Balaban J connectivity index is 2.24. The fourth-order valence-corrected chi connectivity index (χ4v) is 2.44. The smallest absolute Gasteiger partial charge is 0.146 e. The maximum Gasteiger partial charge on any atom is 0.146 e. The zero-order chi connectivity index (χ0) is 15.9. The number of nitrogens with zero attached hydrogens (tertiary/aromatic N) is 1. The Kier molecular flexibility index (Phi) is 3.74. The number of rotatable bonds is 3. The van der Waals surface area contributed by atoms with Crippen molar-refractivity contribution >= 4 is 27.0 Å². The zero-order valence-corrected chi connectivity index (χ0v) is 13.3. The molecule has 0 spiro atoms. The minimum Gasteiger partial charge on any atom is -0.494 e. The molecule has 0 fully saturated rings. The van der Waals surface area contributed by atoms with Crippen LogP contribution in [0.15, 0.2) is 28.7 Å². The number of H-pyrrole nitrogens is 1. The minimum absolute atomic E-state index is 0.206. The monoisotopic (exact) mass is 368 g/mol. The molecule has 114 valence electrons. The average Bonchev–Trinajstić information content (AvgIpc) is 2.96. The van der Waals surface area contributed by atoms with Crippen molar-refractivity contribution in [2.45, 2.75) is 0 Å². The van der Waals surface area contributed by atoms with E-state index in [2.05, 4.69) is 25.9 Å². The largest absolute Gasteiger partial charge is 0.494 e. The Hall–Kier alpha value is -2.15. The first kappa shape index (κ1) is 14.8. The molecule has 4 nitrogen and oxygen atoms in total. The van der Waals surface area contributed by atoms with Crippen molar-refractivity contribution in [3.8, 4) is 22.9 Å². The van der Waals surface area contributed by atoms with Gasteiger partial charge in [-0.25, -0.2) is 13.8 Å². The van der Waals surface area contributed by atoms with Gasteiger partial charge in [0, 0.05) is 5.56 Å². The number of ether oxygens (including phenoxy) is 2. The summed E-state index contributed by atoms with van der Waals surface area (Å²) in [4.78, 5) is 7.38. The predicted molar refractivity (Wildman–Crippen MR) is 82.2 cm³/mol. The number of methoxy groups -OCH3 is 2. The number of hydrogen-bond acceptors (Lipinski definition) is 3. The summed E-state index contributed by atoms with van der Waals surface area (Å²) in [7, 11) is 3.05. The van der Waals surface area contributed by atoms with E-state index in [-0.39, 0.29) is 4.47 Å². The van der Waals surface area contributed by atoms with Gasteiger partial charge in [-0.05, 0) is 40.2 Å². The Labute approximate surface area is 133 Å². The first-order chi connectivity index (χ1) is 10.5. The summed E-state index contributed by atoms with van der Waals surface area (Å²) in [5.41, 5.74) is 1.42. The molecule has 3 rings (SSSR count). The van der Waals surface area contributed by atoms with Crippen LogP contribution in [0.5, 0.6) is 11.5 Å². The molecule has 0 radical (unpaired) electrons. The van der Waals surface area contributed by atoms with Crippen LogP contribution in [-0.4, -0.2) is 24.2 Å². The van der Waals surface area contributed by atoms with Gasteiger partial charge in [-0.3, -0.25) is 0 Å². The first-order valence-electron chi connectivity index (χ1n) is 6.30. The highest BCUT2D eigenvalue weighted by Gasteiger charge is 2.16. The fraction of sp³-hybridized carbons (Fsp3) is 0.133. The molecule has 22 heavy (non-hydrogen) atoms. The lowest BCUT2D eigenvalue weighted by Gasteiger charge is -2.04. The van der Waals surface area contributed by atoms with Crippen LogP contribution >= 0.6 is 15.9 Å². The van der Waals surface area contributed by atoms with E-state index < -0.39 is 11.6 Å². The molecule has 0 atom stereocenters. The highest BCUT2D eigenvalue weighted by Crippen LogP contribution is 2.34. The third-order valence-corrected chi connectivity index (χ3v) is 4.02. The number of hydrogen-bond donors (Lipinski definition) is 1. The van der Waals surface area contributed by atoms with Crippen molar-refractivity contribution < 1.29 is 18.3 Å². The molecule has 0 bridgehead atoms. The predicted octanol–water partition coefficient (Wildman–Crippen LogP) is 4.29. The SMILES string of the molecule is COc1ccc(OC)c2[nH]c(-c3cc(F)c(Br)c(F)c3)nc12. The molecule has 0 aliphatic rings. The van der Waals surface area contributed by atoms with Gasteiger partial charge in [0.2, 0.25) is 0 Å². The summed E-state index contributed by atoms with van der Waals surface area (Å²) < 4.78 is 37.7. The summed E-state index contributed by atoms with van der Waals surface area (Å²) in [6.07, 6.45) is 0. The van der Waals surface area contributed by atoms with Crippen LogP contribution in [-0.2, 0) is 0 Å². The van der Waals surface area contributed by atoms with Crippen molar-refractivity contribution in [1.82, 2.24) is 9.97 Å². The van der Waals surface area contributed by atoms with Gasteiger partial charge in [-0.15, -0.1) is 0 Å². The summed E-state index contributed by atoms with van der Waals surface area (Å²) in [6.45, 7) is 0. The molecule has 2 aromatic carbocycles. The van der Waals surface area contributed by atoms with E-state index in [1.165, 1.54) is 26.4 Å². The van der Waals surface area contributed by atoms with Crippen molar-refractivity contribution in [2.75, 3.05) is 14.2 Å². The van der Waals surface area contributed by atoms with Gasteiger partial charge < -0.3 is 14.5 Å². The van der Waals surface area contributed by atoms with Crippen molar-refractivity contribution in [3.63, 3.8) is 0 Å². The van der Waals surface area contributed by atoms with Gasteiger partial charge in [0.25, 0.3) is 0 Å². The maximum absolute atomic E-state index is 13.7. The van der Waals surface area contributed by atoms with Gasteiger partial charge in [0.15, 0.2) is 0 Å². The lowest BCUT2D eigenvalue weighted by molar-refractivity contribution is 0.409. The maximum atomic E-state index is 13.7. The molecular formula is C15H11BrF2N2O2. The molecule has 1 heterocycles. The van der Waals surface area contributed by atoms with Crippen molar-refractivity contribution in [2.24, 2.45) is 0 Å². The third kappa shape index (κ3) is 2.31. The number of halogens is 3. The third-order valence-electron chi connectivity index (χ3n) is 3.27. The Bertz CT molecular complexity index is 800. The molecule has 0 aliphatic carbocycles. The highest BCUT2D eigenvalue weighted by atomic mass is 79.9. The van der Waals surface area contributed by atoms with Crippen LogP contribution < -0.4 is 9.47 Å². The second-order valence-electron chi connectivity index (χ2n) is 4.53. The standard InChI is InChI=1S/C15H11BrF2N2O2/c1-21-10-3-4-11(22-2)14-13(10)19-15(20-14)7-5-8(17)12(16)9(18)6-7/h3-6H,1-2H3,(H,19,20). The molecule has 0 aliphatic heterocycles. The van der Waals surface area contributed by atoms with Crippen molar-refractivity contribution in [3.05, 3.63) is 40.4 Å².